The van der Waals surface area contributed by atoms with Gasteiger partial charge in [-0.25, -0.2) is 0 Å². The maximum atomic E-state index is 12.2. The normalized spacial score (nSPS) is 10.7. The Kier molecular flexibility index (Phi) is 3.62. The molecule has 0 spiro atoms. The molecular formula is C14H14ClNO3. The Morgan fingerprint density at radius 3 is 2.68 bits per heavy atom. The number of hydrogen-bond donors (Lipinski definition) is 0. The second-order valence-electron chi connectivity index (χ2n) is 4.36. The highest BCUT2D eigenvalue weighted by molar-refractivity contribution is 6.31. The van der Waals surface area contributed by atoms with E-state index in [1.165, 1.54) is 7.11 Å². The van der Waals surface area contributed by atoms with Crippen molar-refractivity contribution in [1.29, 1.82) is 0 Å². The van der Waals surface area contributed by atoms with Crippen molar-refractivity contribution in [3.05, 3.63) is 34.5 Å². The number of esters is 1. The Morgan fingerprint density at radius 2 is 2.05 bits per heavy atom. The molecule has 4 nitrogen and oxygen atoms in total. The molecule has 1 aromatic heterocycles. The first kappa shape index (κ1) is 13.6. The average Bonchev–Trinajstić information content (AvgIpc) is 2.61. The third-order valence-electron chi connectivity index (χ3n) is 3.27. The number of Topliss-reactive ketones (excluding diaryl/α,β-unsaturated/α-hetero) is 1. The van der Waals surface area contributed by atoms with Gasteiger partial charge < -0.3 is 9.30 Å². The summed E-state index contributed by atoms with van der Waals surface area (Å²) in [6, 6.07) is 5.38. The van der Waals surface area contributed by atoms with Gasteiger partial charge in [0.2, 0.25) is 0 Å². The summed E-state index contributed by atoms with van der Waals surface area (Å²) >= 11 is 5.98. The molecule has 0 N–H and O–H groups in total. The van der Waals surface area contributed by atoms with Gasteiger partial charge in [-0.05, 0) is 25.1 Å². The Balaban J connectivity index is 2.59. The summed E-state index contributed by atoms with van der Waals surface area (Å²) in [5.41, 5.74) is 2.26. The minimum atomic E-state index is -0.538. The van der Waals surface area contributed by atoms with E-state index in [0.29, 0.717) is 10.6 Å². The minimum Gasteiger partial charge on any atom is -0.469 e. The van der Waals surface area contributed by atoms with Gasteiger partial charge in [0, 0.05) is 34.2 Å². The fourth-order valence-corrected chi connectivity index (χ4v) is 2.36. The highest BCUT2D eigenvalue weighted by Gasteiger charge is 2.21. The molecule has 0 saturated heterocycles. The van der Waals surface area contributed by atoms with Crippen LogP contribution in [0.4, 0.5) is 0 Å². The molecule has 2 aromatic rings. The van der Waals surface area contributed by atoms with Crippen LogP contribution in [0.15, 0.2) is 18.2 Å². The van der Waals surface area contributed by atoms with Crippen LogP contribution >= 0.6 is 11.6 Å². The van der Waals surface area contributed by atoms with Gasteiger partial charge in [-0.3, -0.25) is 9.59 Å². The zero-order valence-corrected chi connectivity index (χ0v) is 11.7. The first-order valence-corrected chi connectivity index (χ1v) is 6.18. The van der Waals surface area contributed by atoms with Crippen LogP contribution in [-0.4, -0.2) is 23.4 Å². The average molecular weight is 280 g/mol. The van der Waals surface area contributed by atoms with Gasteiger partial charge in [0.15, 0.2) is 5.78 Å². The fourth-order valence-electron chi connectivity index (χ4n) is 2.19. The van der Waals surface area contributed by atoms with Crippen molar-refractivity contribution < 1.29 is 14.3 Å². The smallest absolute Gasteiger partial charge is 0.313 e. The lowest BCUT2D eigenvalue weighted by Crippen LogP contribution is -2.10. The van der Waals surface area contributed by atoms with Gasteiger partial charge >= 0.3 is 5.97 Å². The SMILES string of the molecule is COC(=O)CC(=O)c1c(C)n(C)c2ccc(Cl)cc12. The van der Waals surface area contributed by atoms with Gasteiger partial charge in [0.25, 0.3) is 0 Å². The van der Waals surface area contributed by atoms with Crippen LogP contribution < -0.4 is 0 Å². The van der Waals surface area contributed by atoms with Crippen LogP contribution in [0.1, 0.15) is 22.5 Å². The van der Waals surface area contributed by atoms with Crippen molar-refractivity contribution >= 4 is 34.3 Å². The Labute approximate surface area is 115 Å². The van der Waals surface area contributed by atoms with Crippen LogP contribution in [0.3, 0.4) is 0 Å². The van der Waals surface area contributed by atoms with Crippen LogP contribution in [0, 0.1) is 6.92 Å². The van der Waals surface area contributed by atoms with Crippen molar-refractivity contribution in [1.82, 2.24) is 4.57 Å². The van der Waals surface area contributed by atoms with Crippen molar-refractivity contribution in [3.63, 3.8) is 0 Å². The number of rotatable bonds is 3. The Hall–Kier alpha value is -1.81. The lowest BCUT2D eigenvalue weighted by Gasteiger charge is -2.01. The first-order chi connectivity index (χ1) is 8.95. The number of nitrogens with zero attached hydrogens (tertiary/aromatic N) is 1. The van der Waals surface area contributed by atoms with Crippen molar-refractivity contribution in [2.75, 3.05) is 7.11 Å². The lowest BCUT2D eigenvalue weighted by molar-refractivity contribution is -0.139. The predicted molar refractivity (Wildman–Crippen MR) is 73.6 cm³/mol. The van der Waals surface area contributed by atoms with E-state index in [-0.39, 0.29) is 12.2 Å². The van der Waals surface area contributed by atoms with Crippen molar-refractivity contribution in [2.24, 2.45) is 7.05 Å². The molecule has 0 fully saturated rings. The minimum absolute atomic E-state index is 0.253. The monoisotopic (exact) mass is 279 g/mol. The van der Waals surface area contributed by atoms with E-state index in [9.17, 15) is 9.59 Å². The van der Waals surface area contributed by atoms with Gasteiger partial charge in [-0.1, -0.05) is 11.6 Å². The van der Waals surface area contributed by atoms with E-state index in [4.69, 9.17) is 11.6 Å². The summed E-state index contributed by atoms with van der Waals surface area (Å²) in [5, 5.41) is 1.33. The molecule has 100 valence electrons. The highest BCUT2D eigenvalue weighted by Crippen LogP contribution is 2.28. The standard InChI is InChI=1S/C14H14ClNO3/c1-8-14(12(17)7-13(18)19-3)10-6-9(15)4-5-11(10)16(8)2/h4-6H,7H2,1-3H3. The topological polar surface area (TPSA) is 48.3 Å². The second kappa shape index (κ2) is 5.05. The number of halogens is 1. The van der Waals surface area contributed by atoms with E-state index < -0.39 is 5.97 Å². The lowest BCUT2D eigenvalue weighted by atomic mass is 10.0. The molecule has 0 aliphatic heterocycles. The Bertz CT molecular complexity index is 673. The molecule has 0 atom stereocenters. The fraction of sp³-hybridized carbons (Fsp3) is 0.286. The quantitative estimate of drug-likeness (QED) is 0.493. The summed E-state index contributed by atoms with van der Waals surface area (Å²) in [6.45, 7) is 1.85. The molecule has 0 unspecified atom stereocenters. The molecule has 0 radical (unpaired) electrons. The summed E-state index contributed by atoms with van der Waals surface area (Å²) in [5.74, 6) is -0.791. The number of hydrogen-bond acceptors (Lipinski definition) is 3. The molecular weight excluding hydrogens is 266 g/mol. The number of fused-ring (bicyclic) bond motifs is 1. The maximum absolute atomic E-state index is 12.2. The number of carbonyl (C=O) groups is 2. The molecule has 0 aliphatic rings. The number of methoxy groups -OCH3 is 1. The summed E-state index contributed by atoms with van der Waals surface area (Å²) in [7, 11) is 3.14. The molecule has 2 rings (SSSR count). The van der Waals surface area contributed by atoms with E-state index in [1.54, 1.807) is 12.1 Å². The van der Waals surface area contributed by atoms with Gasteiger partial charge in [-0.2, -0.15) is 0 Å². The van der Waals surface area contributed by atoms with Crippen molar-refractivity contribution in [3.8, 4) is 0 Å². The first-order valence-electron chi connectivity index (χ1n) is 5.80. The van der Waals surface area contributed by atoms with E-state index in [1.807, 2.05) is 24.6 Å². The third-order valence-corrected chi connectivity index (χ3v) is 3.50. The zero-order chi connectivity index (χ0) is 14.2. The molecule has 5 heteroatoms. The second-order valence-corrected chi connectivity index (χ2v) is 4.79. The van der Waals surface area contributed by atoms with E-state index >= 15 is 0 Å². The molecule has 19 heavy (non-hydrogen) atoms. The number of carbonyl (C=O) groups excluding carboxylic acids is 2. The van der Waals surface area contributed by atoms with Crippen LogP contribution in [0.25, 0.3) is 10.9 Å². The third kappa shape index (κ3) is 2.36. The number of aryl methyl sites for hydroxylation is 1. The molecule has 0 bridgehead atoms. The largest absolute Gasteiger partial charge is 0.469 e. The van der Waals surface area contributed by atoms with Crippen LogP contribution in [0.5, 0.6) is 0 Å². The highest BCUT2D eigenvalue weighted by atomic mass is 35.5. The molecule has 1 heterocycles. The van der Waals surface area contributed by atoms with Gasteiger partial charge in [0.1, 0.15) is 6.42 Å². The Morgan fingerprint density at radius 1 is 1.37 bits per heavy atom. The number of benzene rings is 1. The van der Waals surface area contributed by atoms with Crippen LogP contribution in [-0.2, 0) is 16.6 Å². The van der Waals surface area contributed by atoms with Crippen molar-refractivity contribution in [2.45, 2.75) is 13.3 Å². The van der Waals surface area contributed by atoms with E-state index in [0.717, 1.165) is 16.6 Å². The van der Waals surface area contributed by atoms with Gasteiger partial charge in [0.05, 0.1) is 7.11 Å². The predicted octanol–water partition coefficient (Wildman–Crippen LogP) is 2.89. The maximum Gasteiger partial charge on any atom is 0.313 e. The summed E-state index contributed by atoms with van der Waals surface area (Å²) < 4.78 is 6.45. The van der Waals surface area contributed by atoms with Gasteiger partial charge in [-0.15, -0.1) is 0 Å². The number of ether oxygens (including phenoxy) is 1. The number of aromatic nitrogens is 1. The molecule has 1 aromatic carbocycles. The summed E-state index contributed by atoms with van der Waals surface area (Å²) in [6.07, 6.45) is -0.261. The van der Waals surface area contributed by atoms with E-state index in [2.05, 4.69) is 4.74 Å². The molecule has 0 amide bonds. The molecule has 0 aliphatic carbocycles. The number of ketones is 1. The summed E-state index contributed by atoms with van der Waals surface area (Å²) in [4.78, 5) is 23.5. The van der Waals surface area contributed by atoms with Crippen LogP contribution in [0.2, 0.25) is 5.02 Å². The molecule has 0 saturated carbocycles. The zero-order valence-electron chi connectivity index (χ0n) is 11.0.